The van der Waals surface area contributed by atoms with Crippen molar-refractivity contribution in [1.29, 1.82) is 0 Å². The Labute approximate surface area is 201 Å². The van der Waals surface area contributed by atoms with E-state index in [1.165, 1.54) is 5.69 Å². The van der Waals surface area contributed by atoms with Crippen LogP contribution in [-0.4, -0.2) is 49.2 Å². The molecule has 0 bridgehead atoms. The number of nitrogens with zero attached hydrogens (tertiary/aromatic N) is 4. The van der Waals surface area contributed by atoms with E-state index in [1.54, 1.807) is 13.4 Å². The largest absolute Gasteiger partial charge is 0.497 e. The third-order valence-electron chi connectivity index (χ3n) is 6.49. The summed E-state index contributed by atoms with van der Waals surface area (Å²) >= 11 is 0. The maximum Gasteiger partial charge on any atom is 0.227 e. The number of anilines is 3. The maximum atomic E-state index is 12.9. The van der Waals surface area contributed by atoms with Gasteiger partial charge in [-0.3, -0.25) is 4.79 Å². The summed E-state index contributed by atoms with van der Waals surface area (Å²) < 4.78 is 5.24. The van der Waals surface area contributed by atoms with Crippen molar-refractivity contribution in [3.05, 3.63) is 60.9 Å². The highest BCUT2D eigenvalue weighted by atomic mass is 16.5. The highest BCUT2D eigenvalue weighted by Gasteiger charge is 2.26. The lowest BCUT2D eigenvalue weighted by molar-refractivity contribution is -0.120. The number of hydrogen-bond donors (Lipinski definition) is 1. The zero-order valence-electron chi connectivity index (χ0n) is 20.2. The summed E-state index contributed by atoms with van der Waals surface area (Å²) in [5.41, 5.74) is 3.92. The molecule has 0 unspecified atom stereocenters. The van der Waals surface area contributed by atoms with E-state index >= 15 is 0 Å². The predicted octanol–water partition coefficient (Wildman–Crippen LogP) is 4.85. The van der Waals surface area contributed by atoms with E-state index in [2.05, 4.69) is 51.1 Å². The summed E-state index contributed by atoms with van der Waals surface area (Å²) in [4.78, 5) is 26.3. The van der Waals surface area contributed by atoms with Gasteiger partial charge in [-0.2, -0.15) is 0 Å². The van der Waals surface area contributed by atoms with E-state index in [1.807, 2.05) is 42.5 Å². The van der Waals surface area contributed by atoms with Gasteiger partial charge < -0.3 is 19.9 Å². The Morgan fingerprint density at radius 1 is 1.03 bits per heavy atom. The predicted molar refractivity (Wildman–Crippen MR) is 138 cm³/mol. The van der Waals surface area contributed by atoms with E-state index in [0.29, 0.717) is 0 Å². The van der Waals surface area contributed by atoms with Crippen molar-refractivity contribution in [1.82, 2.24) is 9.97 Å². The van der Waals surface area contributed by atoms with Gasteiger partial charge >= 0.3 is 0 Å². The minimum Gasteiger partial charge on any atom is -0.497 e. The zero-order valence-corrected chi connectivity index (χ0v) is 20.2. The van der Waals surface area contributed by atoms with Crippen molar-refractivity contribution in [3.8, 4) is 17.0 Å². The number of methoxy groups -OCH3 is 1. The Morgan fingerprint density at radius 2 is 1.71 bits per heavy atom. The molecule has 2 aromatic carbocycles. The summed E-state index contributed by atoms with van der Waals surface area (Å²) in [5.74, 6) is 1.81. The van der Waals surface area contributed by atoms with Crippen LogP contribution in [0.1, 0.15) is 26.7 Å². The molecule has 1 N–H and O–H groups in total. The molecule has 4 rings (SSSR count). The molecule has 178 valence electrons. The van der Waals surface area contributed by atoms with Crippen LogP contribution in [0.2, 0.25) is 0 Å². The number of hydrogen-bond acceptors (Lipinski definition) is 6. The van der Waals surface area contributed by atoms with Gasteiger partial charge in [-0.05, 0) is 75.2 Å². The number of aromatic nitrogens is 2. The molecule has 3 aromatic rings. The van der Waals surface area contributed by atoms with Crippen molar-refractivity contribution in [2.24, 2.45) is 5.92 Å². The summed E-state index contributed by atoms with van der Waals surface area (Å²) in [7, 11) is 1.66. The van der Waals surface area contributed by atoms with Gasteiger partial charge in [0.1, 0.15) is 17.9 Å². The monoisotopic (exact) mass is 459 g/mol. The molecular weight excluding hydrogens is 426 g/mol. The van der Waals surface area contributed by atoms with Gasteiger partial charge in [-0.1, -0.05) is 0 Å². The number of carbonyl (C=O) groups is 1. The smallest absolute Gasteiger partial charge is 0.227 e. The average molecular weight is 460 g/mol. The van der Waals surface area contributed by atoms with Crippen LogP contribution >= 0.6 is 0 Å². The minimum atomic E-state index is 0.00149. The van der Waals surface area contributed by atoms with Crippen LogP contribution in [0, 0.1) is 5.92 Å². The molecule has 1 aromatic heterocycles. The fourth-order valence-electron chi connectivity index (χ4n) is 4.40. The maximum absolute atomic E-state index is 12.9. The number of amides is 1. The van der Waals surface area contributed by atoms with Gasteiger partial charge in [-0.25, -0.2) is 9.97 Å². The number of piperidine rings is 1. The first-order chi connectivity index (χ1) is 16.6. The average Bonchev–Trinajstić information content (AvgIpc) is 2.90. The van der Waals surface area contributed by atoms with Gasteiger partial charge in [0.05, 0.1) is 12.8 Å². The van der Waals surface area contributed by atoms with E-state index < -0.39 is 0 Å². The van der Waals surface area contributed by atoms with E-state index in [-0.39, 0.29) is 11.8 Å². The molecule has 1 saturated heterocycles. The molecular formula is C27H33N5O2. The molecule has 34 heavy (non-hydrogen) atoms. The number of benzene rings is 2. The first-order valence-electron chi connectivity index (χ1n) is 12.0. The minimum absolute atomic E-state index is 0.00149. The summed E-state index contributed by atoms with van der Waals surface area (Å²) in [6, 6.07) is 18.0. The number of carbonyl (C=O) groups excluding carboxylic acids is 1. The molecule has 1 fully saturated rings. The Hall–Kier alpha value is -3.61. The molecule has 7 nitrogen and oxygen atoms in total. The Balaban J connectivity index is 1.33. The van der Waals surface area contributed by atoms with E-state index in [9.17, 15) is 4.79 Å². The first-order valence-corrected chi connectivity index (χ1v) is 12.0. The van der Waals surface area contributed by atoms with Gasteiger partial charge in [0.2, 0.25) is 5.91 Å². The topological polar surface area (TPSA) is 70.6 Å². The van der Waals surface area contributed by atoms with Crippen molar-refractivity contribution in [3.63, 3.8) is 0 Å². The van der Waals surface area contributed by atoms with E-state index in [4.69, 9.17) is 4.74 Å². The fourth-order valence-corrected chi connectivity index (χ4v) is 4.40. The van der Waals surface area contributed by atoms with Crippen LogP contribution in [0.3, 0.4) is 0 Å². The van der Waals surface area contributed by atoms with Crippen molar-refractivity contribution in [2.75, 3.05) is 48.4 Å². The number of ether oxygens (including phenoxy) is 1. The van der Waals surface area contributed by atoms with Crippen LogP contribution in [-0.2, 0) is 4.79 Å². The summed E-state index contributed by atoms with van der Waals surface area (Å²) in [6.45, 7) is 7.80. The number of nitrogens with one attached hydrogen (secondary N) is 1. The summed E-state index contributed by atoms with van der Waals surface area (Å²) in [5, 5.41) is 3.10. The third kappa shape index (κ3) is 5.47. The Morgan fingerprint density at radius 3 is 2.32 bits per heavy atom. The van der Waals surface area contributed by atoms with Crippen LogP contribution in [0.25, 0.3) is 11.3 Å². The molecule has 1 aliphatic rings. The third-order valence-corrected chi connectivity index (χ3v) is 6.49. The standard InChI is InChI=1S/C27H33N5O2/c1-4-31(5-2)23-10-8-22(9-11-23)30-27(33)21-14-16-32(17-15-21)26-18-25(28-19-29-26)20-6-12-24(34-3)13-7-20/h6-13,18-19,21H,4-5,14-17H2,1-3H3,(H,30,33). The molecule has 1 amide bonds. The highest BCUT2D eigenvalue weighted by molar-refractivity contribution is 5.92. The van der Waals surface area contributed by atoms with E-state index in [0.717, 1.165) is 67.5 Å². The van der Waals surface area contributed by atoms with Crippen LogP contribution in [0.15, 0.2) is 60.9 Å². The molecule has 2 heterocycles. The molecule has 7 heteroatoms. The van der Waals surface area contributed by atoms with Crippen LogP contribution < -0.4 is 19.9 Å². The molecule has 0 aliphatic carbocycles. The first kappa shape index (κ1) is 23.5. The van der Waals surface area contributed by atoms with Crippen molar-refractivity contribution in [2.45, 2.75) is 26.7 Å². The highest BCUT2D eigenvalue weighted by Crippen LogP contribution is 2.27. The fraction of sp³-hybridized carbons (Fsp3) is 0.370. The second-order valence-corrected chi connectivity index (χ2v) is 8.46. The normalized spacial score (nSPS) is 14.0. The second-order valence-electron chi connectivity index (χ2n) is 8.46. The Kier molecular flexibility index (Phi) is 7.62. The van der Waals surface area contributed by atoms with Crippen molar-refractivity contribution < 1.29 is 9.53 Å². The van der Waals surface area contributed by atoms with Gasteiger partial charge in [-0.15, -0.1) is 0 Å². The van der Waals surface area contributed by atoms with Gasteiger partial charge in [0.25, 0.3) is 0 Å². The number of rotatable bonds is 8. The lowest BCUT2D eigenvalue weighted by atomic mass is 9.95. The van der Waals surface area contributed by atoms with Gasteiger partial charge in [0, 0.05) is 55.1 Å². The van der Waals surface area contributed by atoms with Crippen LogP contribution in [0.5, 0.6) is 5.75 Å². The van der Waals surface area contributed by atoms with Crippen LogP contribution in [0.4, 0.5) is 17.2 Å². The van der Waals surface area contributed by atoms with Gasteiger partial charge in [0.15, 0.2) is 0 Å². The molecule has 0 radical (unpaired) electrons. The lowest BCUT2D eigenvalue weighted by Gasteiger charge is -2.32. The molecule has 0 saturated carbocycles. The van der Waals surface area contributed by atoms with Crippen molar-refractivity contribution >= 4 is 23.1 Å². The molecule has 1 aliphatic heterocycles. The SMILES string of the molecule is CCN(CC)c1ccc(NC(=O)C2CCN(c3cc(-c4ccc(OC)cc4)ncn3)CC2)cc1. The second kappa shape index (κ2) is 11.0. The lowest BCUT2D eigenvalue weighted by Crippen LogP contribution is -2.38. The Bertz CT molecular complexity index is 1070. The molecule has 0 spiro atoms. The molecule has 0 atom stereocenters. The quantitative estimate of drug-likeness (QED) is 0.519. The zero-order chi connectivity index (χ0) is 23.9. The summed E-state index contributed by atoms with van der Waals surface area (Å²) in [6.07, 6.45) is 3.20.